The molecule has 1 heterocycles. The summed E-state index contributed by atoms with van der Waals surface area (Å²) in [5, 5.41) is 3.06. The summed E-state index contributed by atoms with van der Waals surface area (Å²) in [7, 11) is 0. The minimum atomic E-state index is -1.71. The van der Waals surface area contributed by atoms with Crippen LogP contribution in [0.1, 0.15) is 48.5 Å². The largest absolute Gasteiger partial charge is 0.465 e. The first-order chi connectivity index (χ1) is 19.4. The molecule has 0 amide bonds. The fourth-order valence-electron chi connectivity index (χ4n) is 4.49. The molecule has 0 bridgehead atoms. The van der Waals surface area contributed by atoms with Gasteiger partial charge in [0.05, 0.1) is 48.2 Å². The Balaban J connectivity index is 2.84. The quantitative estimate of drug-likeness (QED) is 0.347. The molecule has 1 atom stereocenters. The number of carbonyl (C=O) groups excluding carboxylic acids is 4. The number of fused-ring (bicyclic) bond motifs is 2. The van der Waals surface area contributed by atoms with Gasteiger partial charge < -0.3 is 28.7 Å². The number of esters is 4. The molecule has 1 aliphatic carbocycles. The van der Waals surface area contributed by atoms with Crippen molar-refractivity contribution in [3.63, 3.8) is 0 Å². The van der Waals surface area contributed by atoms with E-state index in [0.29, 0.717) is 0 Å². The first kappa shape index (κ1) is 31.1. The maximum atomic E-state index is 14.2. The van der Waals surface area contributed by atoms with Crippen molar-refractivity contribution in [2.75, 3.05) is 26.4 Å². The number of hydrogen-bond donors (Lipinski definition) is 1. The standard InChI is InChI=1S/C30H35NO10/c1-8-37-26(33)18-19(27(34)38-9-2)21(29(36)40-11-4)25-22(24(32)16-14-12-13-15-17(16)41-25)23(31-30(5,6)7)20(18)28(35)39-10-3/h12-15,20,31H,8-11H2,1-7H3. The fraction of sp³-hybridized carbons (Fsp3) is 0.433. The number of carbonyl (C=O) groups is 4. The lowest BCUT2D eigenvalue weighted by molar-refractivity contribution is -0.148. The van der Waals surface area contributed by atoms with Crippen LogP contribution in [-0.4, -0.2) is 55.8 Å². The van der Waals surface area contributed by atoms with Crippen LogP contribution in [0.5, 0.6) is 0 Å². The third-order valence-electron chi connectivity index (χ3n) is 5.88. The molecule has 0 spiro atoms. The van der Waals surface area contributed by atoms with E-state index in [-0.39, 0.29) is 53.7 Å². The van der Waals surface area contributed by atoms with Gasteiger partial charge in [-0.3, -0.25) is 9.59 Å². The molecule has 0 saturated heterocycles. The van der Waals surface area contributed by atoms with Crippen LogP contribution in [0.25, 0.3) is 22.2 Å². The van der Waals surface area contributed by atoms with Crippen LogP contribution < -0.4 is 21.4 Å². The molecule has 11 nitrogen and oxygen atoms in total. The molecule has 41 heavy (non-hydrogen) atoms. The maximum absolute atomic E-state index is 14.2. The van der Waals surface area contributed by atoms with Gasteiger partial charge in [0.25, 0.3) is 0 Å². The number of nitrogens with one attached hydrogen (secondary N) is 1. The lowest BCUT2D eigenvalue weighted by Gasteiger charge is -2.29. The van der Waals surface area contributed by atoms with Crippen molar-refractivity contribution in [2.24, 2.45) is 5.92 Å². The van der Waals surface area contributed by atoms with Gasteiger partial charge in [0, 0.05) is 11.2 Å². The first-order valence-electron chi connectivity index (χ1n) is 13.4. The van der Waals surface area contributed by atoms with Crippen molar-refractivity contribution in [3.05, 3.63) is 56.3 Å². The normalized spacial score (nSPS) is 15.1. The molecule has 0 aliphatic heterocycles. The molecule has 0 fully saturated rings. The summed E-state index contributed by atoms with van der Waals surface area (Å²) in [6, 6.07) is 6.30. The van der Waals surface area contributed by atoms with Gasteiger partial charge in [-0.2, -0.15) is 0 Å². The zero-order valence-electron chi connectivity index (χ0n) is 24.3. The summed E-state index contributed by atoms with van der Waals surface area (Å²) >= 11 is 0. The monoisotopic (exact) mass is 569 g/mol. The van der Waals surface area contributed by atoms with Gasteiger partial charge in [-0.1, -0.05) is 12.1 Å². The summed E-state index contributed by atoms with van der Waals surface area (Å²) in [5.41, 5.74) is -3.49. The second-order valence-electron chi connectivity index (χ2n) is 9.93. The molecule has 1 aliphatic rings. The summed E-state index contributed by atoms with van der Waals surface area (Å²) in [6.45, 7) is 11.0. The molecule has 0 radical (unpaired) electrons. The summed E-state index contributed by atoms with van der Waals surface area (Å²) in [5.74, 6) is -5.95. The van der Waals surface area contributed by atoms with E-state index in [1.807, 2.05) is 0 Å². The summed E-state index contributed by atoms with van der Waals surface area (Å²) in [6.07, 6.45) is 0. The van der Waals surface area contributed by atoms with Crippen LogP contribution in [0.4, 0.5) is 0 Å². The van der Waals surface area contributed by atoms with Crippen LogP contribution in [0.2, 0.25) is 0 Å². The first-order valence-corrected chi connectivity index (χ1v) is 13.4. The van der Waals surface area contributed by atoms with E-state index >= 15 is 0 Å². The van der Waals surface area contributed by atoms with Crippen LogP contribution in [0, 0.1) is 5.92 Å². The van der Waals surface area contributed by atoms with E-state index in [9.17, 15) is 24.0 Å². The number of para-hydroxylation sites is 1. The van der Waals surface area contributed by atoms with E-state index in [4.69, 9.17) is 23.4 Å². The zero-order valence-corrected chi connectivity index (χ0v) is 24.3. The maximum Gasteiger partial charge on any atom is 0.342 e. The Morgan fingerprint density at radius 1 is 0.805 bits per heavy atom. The van der Waals surface area contributed by atoms with Gasteiger partial charge >= 0.3 is 23.9 Å². The number of benzene rings is 1. The van der Waals surface area contributed by atoms with Crippen molar-refractivity contribution in [3.8, 4) is 0 Å². The Labute approximate surface area is 236 Å². The molecule has 1 N–H and O–H groups in total. The van der Waals surface area contributed by atoms with E-state index in [0.717, 1.165) is 0 Å². The molecular formula is C30H35NO10. The minimum Gasteiger partial charge on any atom is -0.465 e. The van der Waals surface area contributed by atoms with Crippen molar-refractivity contribution in [1.82, 2.24) is 5.32 Å². The lowest BCUT2D eigenvalue weighted by atomic mass is 9.88. The predicted molar refractivity (Wildman–Crippen MR) is 148 cm³/mol. The molecule has 2 aromatic rings. The number of hydrogen-bond acceptors (Lipinski definition) is 11. The number of rotatable bonds is 9. The van der Waals surface area contributed by atoms with Crippen LogP contribution in [0.3, 0.4) is 0 Å². The van der Waals surface area contributed by atoms with Gasteiger partial charge in [-0.15, -0.1) is 0 Å². The highest BCUT2D eigenvalue weighted by Gasteiger charge is 2.45. The molecule has 1 aromatic heterocycles. The van der Waals surface area contributed by atoms with Gasteiger partial charge in [0.1, 0.15) is 17.1 Å². The van der Waals surface area contributed by atoms with Gasteiger partial charge in [-0.05, 0) is 60.6 Å². The Bertz CT molecular complexity index is 1590. The van der Waals surface area contributed by atoms with Crippen LogP contribution >= 0.6 is 0 Å². The number of ether oxygens (including phenoxy) is 4. The average Bonchev–Trinajstić information content (AvgIpc) is 3.01. The predicted octanol–water partition coefficient (Wildman–Crippen LogP) is 1.62. The molecule has 220 valence electrons. The van der Waals surface area contributed by atoms with Crippen molar-refractivity contribution in [2.45, 2.75) is 54.0 Å². The smallest absolute Gasteiger partial charge is 0.342 e. The third-order valence-corrected chi connectivity index (χ3v) is 5.88. The Kier molecular flexibility index (Phi) is 9.75. The second kappa shape index (κ2) is 12.8. The molecule has 1 aromatic carbocycles. The molecular weight excluding hydrogens is 534 g/mol. The van der Waals surface area contributed by atoms with E-state index in [1.54, 1.807) is 53.7 Å². The zero-order chi connectivity index (χ0) is 30.5. The van der Waals surface area contributed by atoms with E-state index in [1.165, 1.54) is 19.1 Å². The topological polar surface area (TPSA) is 147 Å². The van der Waals surface area contributed by atoms with E-state index in [2.05, 4.69) is 5.32 Å². The molecule has 0 saturated carbocycles. The molecule has 3 rings (SSSR count). The molecule has 11 heteroatoms. The third kappa shape index (κ3) is 6.34. The Morgan fingerprint density at radius 3 is 1.90 bits per heavy atom. The van der Waals surface area contributed by atoms with Crippen molar-refractivity contribution in [1.29, 1.82) is 0 Å². The van der Waals surface area contributed by atoms with Gasteiger partial charge in [0.15, 0.2) is 5.42 Å². The van der Waals surface area contributed by atoms with Gasteiger partial charge in [0.2, 0.25) is 5.43 Å². The SMILES string of the molecule is CCOC(=O)C1=C(C(=O)OCC)C(C(=O)OCC)C(NC(C)(C)C)=c2c(oc3ccccc3c2=O)=C1C(=O)OCC. The second-order valence-corrected chi connectivity index (χ2v) is 9.93. The van der Waals surface area contributed by atoms with Crippen molar-refractivity contribution < 1.29 is 42.5 Å². The minimum absolute atomic E-state index is 0.0867. The summed E-state index contributed by atoms with van der Waals surface area (Å²) < 4.78 is 27.4. The molecule has 1 unspecified atom stereocenters. The Hall–Kier alpha value is -4.41. The summed E-state index contributed by atoms with van der Waals surface area (Å²) in [4.78, 5) is 68.9. The highest BCUT2D eigenvalue weighted by molar-refractivity contribution is 6.28. The lowest BCUT2D eigenvalue weighted by Crippen LogP contribution is -2.50. The van der Waals surface area contributed by atoms with Gasteiger partial charge in [-0.25, -0.2) is 14.4 Å². The fourth-order valence-corrected chi connectivity index (χ4v) is 4.49. The van der Waals surface area contributed by atoms with Crippen LogP contribution in [0.15, 0.2) is 44.6 Å². The van der Waals surface area contributed by atoms with Crippen molar-refractivity contribution >= 4 is 46.1 Å². The van der Waals surface area contributed by atoms with E-state index < -0.39 is 57.5 Å². The van der Waals surface area contributed by atoms with Crippen LogP contribution in [-0.2, 0) is 38.1 Å². The highest BCUT2D eigenvalue weighted by atomic mass is 16.5. The average molecular weight is 570 g/mol. The Morgan fingerprint density at radius 2 is 1.34 bits per heavy atom. The highest BCUT2D eigenvalue weighted by Crippen LogP contribution is 2.33.